The molecule has 1 fully saturated rings. The van der Waals surface area contributed by atoms with E-state index in [9.17, 15) is 18.0 Å². The Bertz CT molecular complexity index is 566. The maximum Gasteiger partial charge on any atom is 0.573 e. The van der Waals surface area contributed by atoms with Crippen LogP contribution in [-0.4, -0.2) is 25.4 Å². The molecule has 1 aromatic carbocycles. The molecule has 20 heavy (non-hydrogen) atoms. The van der Waals surface area contributed by atoms with Gasteiger partial charge in [0.05, 0.1) is 0 Å². The van der Waals surface area contributed by atoms with E-state index < -0.39 is 6.36 Å². The fraction of sp³-hybridized carbons (Fsp3) is 0.308. The molecule has 1 aromatic rings. The van der Waals surface area contributed by atoms with Gasteiger partial charge in [-0.05, 0) is 24.3 Å². The van der Waals surface area contributed by atoms with Gasteiger partial charge < -0.3 is 15.0 Å². The van der Waals surface area contributed by atoms with Crippen LogP contribution in [0.2, 0.25) is 0 Å². The van der Waals surface area contributed by atoms with E-state index in [0.29, 0.717) is 18.8 Å². The minimum Gasteiger partial charge on any atom is -0.406 e. The van der Waals surface area contributed by atoms with Crippen molar-refractivity contribution >= 4 is 11.6 Å². The highest BCUT2D eigenvalue weighted by Crippen LogP contribution is 2.32. The Morgan fingerprint density at radius 1 is 1.25 bits per heavy atom. The van der Waals surface area contributed by atoms with Gasteiger partial charge >= 0.3 is 6.36 Å². The summed E-state index contributed by atoms with van der Waals surface area (Å²) in [4.78, 5) is 13.7. The van der Waals surface area contributed by atoms with Crippen LogP contribution in [0, 0.1) is 5.92 Å². The number of hydrogen-bond acceptors (Lipinski definition) is 3. The Balaban J connectivity index is 1.77. The van der Waals surface area contributed by atoms with Crippen molar-refractivity contribution in [2.45, 2.75) is 6.36 Å². The lowest BCUT2D eigenvalue weighted by molar-refractivity contribution is -0.274. The van der Waals surface area contributed by atoms with Crippen molar-refractivity contribution in [3.8, 4) is 5.75 Å². The molecular formula is C13H11F3N2O2. The molecule has 1 N–H and O–H groups in total. The normalized spacial score (nSPS) is 21.6. The largest absolute Gasteiger partial charge is 0.573 e. The molecule has 1 atom stereocenters. The number of anilines is 1. The van der Waals surface area contributed by atoms with Crippen LogP contribution in [0.5, 0.6) is 5.75 Å². The number of hydrogen-bond donors (Lipinski definition) is 1. The molecule has 0 aromatic heterocycles. The molecule has 2 aliphatic heterocycles. The zero-order valence-corrected chi connectivity index (χ0v) is 10.3. The smallest absolute Gasteiger partial charge is 0.406 e. The first kappa shape index (κ1) is 12.8. The summed E-state index contributed by atoms with van der Waals surface area (Å²) in [6.45, 7) is 1.25. The molecule has 2 heterocycles. The summed E-state index contributed by atoms with van der Waals surface area (Å²) in [5, 5.41) is 3.01. The number of carbonyl (C=O) groups excluding carboxylic acids is 1. The lowest BCUT2D eigenvalue weighted by Crippen LogP contribution is -2.27. The second kappa shape index (κ2) is 4.43. The van der Waals surface area contributed by atoms with Crippen molar-refractivity contribution in [3.63, 3.8) is 0 Å². The van der Waals surface area contributed by atoms with Crippen molar-refractivity contribution in [3.05, 3.63) is 36.0 Å². The van der Waals surface area contributed by atoms with Crippen LogP contribution in [0.3, 0.4) is 0 Å². The van der Waals surface area contributed by atoms with Gasteiger partial charge in [-0.25, -0.2) is 0 Å². The fourth-order valence-electron chi connectivity index (χ4n) is 2.45. The van der Waals surface area contributed by atoms with Gasteiger partial charge in [0.25, 0.3) is 5.91 Å². The number of amides is 1. The van der Waals surface area contributed by atoms with Crippen LogP contribution in [0.1, 0.15) is 0 Å². The van der Waals surface area contributed by atoms with Crippen molar-refractivity contribution < 1.29 is 22.7 Å². The third-order valence-electron chi connectivity index (χ3n) is 3.34. The van der Waals surface area contributed by atoms with E-state index in [-0.39, 0.29) is 17.6 Å². The van der Waals surface area contributed by atoms with Gasteiger partial charge in [-0.15, -0.1) is 13.2 Å². The number of nitrogens with zero attached hydrogens (tertiary/aromatic N) is 1. The summed E-state index contributed by atoms with van der Waals surface area (Å²) in [5.41, 5.74) is 1.29. The Kier molecular flexibility index (Phi) is 2.84. The summed E-state index contributed by atoms with van der Waals surface area (Å²) in [7, 11) is 0. The molecule has 2 aliphatic rings. The molecule has 3 rings (SSSR count). The standard InChI is InChI=1S/C13H11F3N2O2/c14-13(15,16)20-10-3-1-9(2-4-10)18-7-8-5-17-6-11(8)12(18)19/h1-4,6,8,17H,5,7H2. The molecule has 1 saturated heterocycles. The van der Waals surface area contributed by atoms with E-state index in [1.165, 1.54) is 24.3 Å². The number of rotatable bonds is 2. The maximum absolute atomic E-state index is 12.1. The summed E-state index contributed by atoms with van der Waals surface area (Å²) >= 11 is 0. The van der Waals surface area contributed by atoms with Crippen LogP contribution >= 0.6 is 0 Å². The highest BCUT2D eigenvalue weighted by molar-refractivity contribution is 6.09. The molecule has 0 aliphatic carbocycles. The lowest BCUT2D eigenvalue weighted by Gasteiger charge is -2.17. The Morgan fingerprint density at radius 2 is 1.95 bits per heavy atom. The third kappa shape index (κ3) is 2.31. The monoisotopic (exact) mass is 284 g/mol. The number of ether oxygens (including phenoxy) is 1. The number of alkyl halides is 3. The van der Waals surface area contributed by atoms with E-state index in [1.807, 2.05) is 0 Å². The van der Waals surface area contributed by atoms with Crippen molar-refractivity contribution in [2.75, 3.05) is 18.0 Å². The summed E-state index contributed by atoms with van der Waals surface area (Å²) in [6.07, 6.45) is -3.01. The molecular weight excluding hydrogens is 273 g/mol. The Labute approximate surface area is 112 Å². The summed E-state index contributed by atoms with van der Waals surface area (Å²) in [5.74, 6) is -0.257. The highest BCUT2D eigenvalue weighted by atomic mass is 19.4. The van der Waals surface area contributed by atoms with Gasteiger partial charge in [0.15, 0.2) is 0 Å². The van der Waals surface area contributed by atoms with Crippen LogP contribution in [0.15, 0.2) is 36.0 Å². The van der Waals surface area contributed by atoms with Crippen LogP contribution in [0.4, 0.5) is 18.9 Å². The SMILES string of the molecule is O=C1C2=CNCC2CN1c1ccc(OC(F)(F)F)cc1. The molecule has 7 heteroatoms. The molecule has 0 saturated carbocycles. The zero-order valence-electron chi connectivity index (χ0n) is 10.3. The predicted molar refractivity (Wildman–Crippen MR) is 65.1 cm³/mol. The van der Waals surface area contributed by atoms with Crippen molar-refractivity contribution in [2.24, 2.45) is 5.92 Å². The number of benzene rings is 1. The van der Waals surface area contributed by atoms with Gasteiger partial charge in [0, 0.05) is 36.5 Å². The number of nitrogens with one attached hydrogen (secondary N) is 1. The van der Waals surface area contributed by atoms with E-state index in [2.05, 4.69) is 10.1 Å². The summed E-state index contributed by atoms with van der Waals surface area (Å²) in [6, 6.07) is 5.32. The molecule has 0 spiro atoms. The first-order chi connectivity index (χ1) is 9.44. The topological polar surface area (TPSA) is 41.6 Å². The van der Waals surface area contributed by atoms with Crippen LogP contribution < -0.4 is 15.0 Å². The zero-order chi connectivity index (χ0) is 14.3. The van der Waals surface area contributed by atoms with Gasteiger partial charge in [-0.1, -0.05) is 0 Å². The van der Waals surface area contributed by atoms with E-state index in [4.69, 9.17) is 0 Å². The summed E-state index contributed by atoms with van der Waals surface area (Å²) < 4.78 is 40.0. The minimum atomic E-state index is -4.71. The predicted octanol–water partition coefficient (Wildman–Crippen LogP) is 2.04. The maximum atomic E-state index is 12.1. The van der Waals surface area contributed by atoms with E-state index in [0.717, 1.165) is 5.57 Å². The van der Waals surface area contributed by atoms with Crippen LogP contribution in [-0.2, 0) is 4.79 Å². The van der Waals surface area contributed by atoms with Gasteiger partial charge in [0.1, 0.15) is 5.75 Å². The Morgan fingerprint density at radius 3 is 2.55 bits per heavy atom. The molecule has 1 unspecified atom stereocenters. The average molecular weight is 284 g/mol. The first-order valence-corrected chi connectivity index (χ1v) is 6.05. The second-order valence-electron chi connectivity index (χ2n) is 4.66. The van der Waals surface area contributed by atoms with E-state index in [1.54, 1.807) is 11.1 Å². The Hall–Kier alpha value is -2.18. The highest BCUT2D eigenvalue weighted by Gasteiger charge is 2.38. The molecule has 4 nitrogen and oxygen atoms in total. The molecule has 106 valence electrons. The van der Waals surface area contributed by atoms with Crippen LogP contribution in [0.25, 0.3) is 0 Å². The van der Waals surface area contributed by atoms with Gasteiger partial charge in [-0.3, -0.25) is 4.79 Å². The number of fused-ring (bicyclic) bond motifs is 1. The lowest BCUT2D eigenvalue weighted by atomic mass is 10.1. The average Bonchev–Trinajstić information content (AvgIpc) is 2.92. The first-order valence-electron chi connectivity index (χ1n) is 6.05. The van der Waals surface area contributed by atoms with Crippen molar-refractivity contribution in [1.29, 1.82) is 0 Å². The number of halogens is 3. The molecule has 0 radical (unpaired) electrons. The quantitative estimate of drug-likeness (QED) is 0.903. The van der Waals surface area contributed by atoms with Gasteiger partial charge in [0.2, 0.25) is 0 Å². The molecule has 1 amide bonds. The molecule has 0 bridgehead atoms. The fourth-order valence-corrected chi connectivity index (χ4v) is 2.45. The second-order valence-corrected chi connectivity index (χ2v) is 4.66. The third-order valence-corrected chi connectivity index (χ3v) is 3.34. The van der Waals surface area contributed by atoms with E-state index >= 15 is 0 Å². The van der Waals surface area contributed by atoms with Gasteiger partial charge in [-0.2, -0.15) is 0 Å². The number of carbonyl (C=O) groups is 1. The van der Waals surface area contributed by atoms with Crippen molar-refractivity contribution in [1.82, 2.24) is 5.32 Å². The minimum absolute atomic E-state index is 0.107.